The van der Waals surface area contributed by atoms with Gasteiger partial charge in [-0.25, -0.2) is 13.4 Å². The van der Waals surface area contributed by atoms with E-state index in [9.17, 15) is 18.0 Å². The van der Waals surface area contributed by atoms with Crippen LogP contribution in [0.5, 0.6) is 0 Å². The highest BCUT2D eigenvalue weighted by atomic mass is 32.2. The minimum absolute atomic E-state index is 0.0540. The number of benzene rings is 2. The number of carbonyl (C=O) groups excluding carboxylic acids is 2. The molecule has 2 amide bonds. The topological polar surface area (TPSA) is 108 Å². The second kappa shape index (κ2) is 8.71. The molecule has 0 bridgehead atoms. The van der Waals surface area contributed by atoms with Crippen LogP contribution in [0.4, 0.5) is 10.8 Å². The minimum atomic E-state index is -3.77. The Balaban J connectivity index is 1.50. The number of aryl methyl sites for hydroxylation is 1. The predicted octanol–water partition coefficient (Wildman–Crippen LogP) is 3.16. The molecule has 4 rings (SSSR count). The van der Waals surface area contributed by atoms with Crippen LogP contribution in [0.25, 0.3) is 0 Å². The summed E-state index contributed by atoms with van der Waals surface area (Å²) in [6, 6.07) is 11.1. The Hall–Kier alpha value is -3.24. The molecule has 2 aromatic carbocycles. The number of hydrogen-bond donors (Lipinski definition) is 2. The van der Waals surface area contributed by atoms with E-state index in [2.05, 4.69) is 15.0 Å². The molecule has 3 aromatic rings. The molecule has 2 N–H and O–H groups in total. The van der Waals surface area contributed by atoms with Gasteiger partial charge in [0.2, 0.25) is 11.8 Å². The number of fused-ring (bicyclic) bond motifs is 1. The second-order valence-corrected chi connectivity index (χ2v) is 10.1. The highest BCUT2D eigenvalue weighted by molar-refractivity contribution is 7.93. The van der Waals surface area contributed by atoms with Crippen molar-refractivity contribution in [1.82, 2.24) is 9.88 Å². The maximum atomic E-state index is 13.1. The summed E-state index contributed by atoms with van der Waals surface area (Å²) in [4.78, 5) is 30.8. The number of carbonyl (C=O) groups is 2. The lowest BCUT2D eigenvalue weighted by Crippen LogP contribution is -2.50. The first-order chi connectivity index (χ1) is 15.2. The molecule has 32 heavy (non-hydrogen) atoms. The number of hydrogen-bond acceptors (Lipinski definition) is 6. The first-order valence-electron chi connectivity index (χ1n) is 9.92. The van der Waals surface area contributed by atoms with Crippen LogP contribution in [-0.4, -0.2) is 36.2 Å². The number of amides is 2. The fraction of sp³-hybridized carbons (Fsp3) is 0.227. The van der Waals surface area contributed by atoms with E-state index in [0.29, 0.717) is 18.7 Å². The number of anilines is 2. The molecule has 1 unspecified atom stereocenters. The van der Waals surface area contributed by atoms with Crippen LogP contribution in [0.1, 0.15) is 23.6 Å². The summed E-state index contributed by atoms with van der Waals surface area (Å²) in [6.45, 7) is 3.83. The van der Waals surface area contributed by atoms with Crippen molar-refractivity contribution >= 4 is 44.0 Å². The maximum Gasteiger partial charge on any atom is 0.263 e. The molecule has 2 heterocycles. The SMILES string of the molecule is CC(=O)N1Cc2cccc(C)c2CC1C(=O)Nc1ccc(S(=O)(=O)Nc2nccs2)cc1. The third-order valence-electron chi connectivity index (χ3n) is 5.41. The van der Waals surface area contributed by atoms with Crippen molar-refractivity contribution in [1.29, 1.82) is 0 Å². The van der Waals surface area contributed by atoms with E-state index < -0.39 is 16.1 Å². The number of sulfonamides is 1. The Morgan fingerprint density at radius 1 is 1.16 bits per heavy atom. The van der Waals surface area contributed by atoms with Crippen molar-refractivity contribution in [3.63, 3.8) is 0 Å². The number of rotatable bonds is 5. The first-order valence-corrected chi connectivity index (χ1v) is 12.3. The van der Waals surface area contributed by atoms with Gasteiger partial charge in [0, 0.05) is 37.2 Å². The molecular formula is C22H22N4O4S2. The van der Waals surface area contributed by atoms with Gasteiger partial charge in [0.15, 0.2) is 5.13 Å². The monoisotopic (exact) mass is 470 g/mol. The summed E-state index contributed by atoms with van der Waals surface area (Å²) in [5.74, 6) is -0.488. The molecule has 0 spiro atoms. The summed E-state index contributed by atoms with van der Waals surface area (Å²) in [5.41, 5.74) is 3.67. The van der Waals surface area contributed by atoms with Gasteiger partial charge in [0.1, 0.15) is 6.04 Å². The average molecular weight is 471 g/mol. The standard InChI is InChI=1S/C22H22N4O4S2/c1-14-4-3-5-16-13-26(15(2)27)20(12-19(14)16)21(28)24-17-6-8-18(9-7-17)32(29,30)25-22-23-10-11-31-22/h3-11,20H,12-13H2,1-2H3,(H,23,25)(H,24,28). The lowest BCUT2D eigenvalue weighted by molar-refractivity contribution is -0.138. The minimum Gasteiger partial charge on any atom is -0.326 e. The largest absolute Gasteiger partial charge is 0.326 e. The van der Waals surface area contributed by atoms with Crippen LogP contribution in [-0.2, 0) is 32.6 Å². The van der Waals surface area contributed by atoms with E-state index in [1.807, 2.05) is 25.1 Å². The normalized spacial score (nSPS) is 15.7. The smallest absolute Gasteiger partial charge is 0.263 e. The fourth-order valence-electron chi connectivity index (χ4n) is 3.76. The van der Waals surface area contributed by atoms with Crippen molar-refractivity contribution in [2.24, 2.45) is 0 Å². The van der Waals surface area contributed by atoms with Crippen molar-refractivity contribution in [3.05, 3.63) is 70.7 Å². The Labute approximate surface area is 190 Å². The lowest BCUT2D eigenvalue weighted by Gasteiger charge is -2.36. The summed E-state index contributed by atoms with van der Waals surface area (Å²) in [6.07, 6.45) is 1.94. The molecule has 1 aliphatic heterocycles. The molecular weight excluding hydrogens is 448 g/mol. The van der Waals surface area contributed by atoms with Gasteiger partial charge in [-0.3, -0.25) is 14.3 Å². The van der Waals surface area contributed by atoms with E-state index in [4.69, 9.17) is 0 Å². The second-order valence-electron chi connectivity index (χ2n) is 7.54. The molecule has 0 fully saturated rings. The molecule has 0 radical (unpaired) electrons. The molecule has 0 saturated carbocycles. The van der Waals surface area contributed by atoms with Crippen molar-refractivity contribution in [2.45, 2.75) is 37.8 Å². The zero-order valence-corrected chi connectivity index (χ0v) is 19.2. The van der Waals surface area contributed by atoms with Gasteiger partial charge >= 0.3 is 0 Å². The molecule has 0 saturated heterocycles. The quantitative estimate of drug-likeness (QED) is 0.595. The molecule has 166 valence electrons. The third kappa shape index (κ3) is 4.51. The summed E-state index contributed by atoms with van der Waals surface area (Å²) in [7, 11) is -3.77. The van der Waals surface area contributed by atoms with E-state index >= 15 is 0 Å². The zero-order chi connectivity index (χ0) is 22.9. The summed E-state index contributed by atoms with van der Waals surface area (Å²) >= 11 is 1.18. The molecule has 0 aliphatic carbocycles. The molecule has 10 heteroatoms. The molecule has 1 aromatic heterocycles. The number of aromatic nitrogens is 1. The van der Waals surface area contributed by atoms with Gasteiger partial charge in [0.25, 0.3) is 10.0 Å². The first kappa shape index (κ1) is 22.0. The van der Waals surface area contributed by atoms with Gasteiger partial charge in [-0.05, 0) is 47.9 Å². The Morgan fingerprint density at radius 2 is 1.91 bits per heavy atom. The van der Waals surface area contributed by atoms with Crippen LogP contribution in [0.3, 0.4) is 0 Å². The summed E-state index contributed by atoms with van der Waals surface area (Å²) < 4.78 is 27.3. The van der Waals surface area contributed by atoms with Gasteiger partial charge in [-0.15, -0.1) is 11.3 Å². The van der Waals surface area contributed by atoms with Crippen LogP contribution in [0.15, 0.2) is 58.9 Å². The predicted molar refractivity (Wildman–Crippen MR) is 123 cm³/mol. The van der Waals surface area contributed by atoms with Gasteiger partial charge in [0.05, 0.1) is 4.90 Å². The van der Waals surface area contributed by atoms with Crippen LogP contribution in [0, 0.1) is 6.92 Å². The molecule has 1 atom stereocenters. The lowest BCUT2D eigenvalue weighted by atomic mass is 9.90. The van der Waals surface area contributed by atoms with E-state index in [-0.39, 0.29) is 21.8 Å². The van der Waals surface area contributed by atoms with Crippen molar-refractivity contribution in [2.75, 3.05) is 10.0 Å². The van der Waals surface area contributed by atoms with Crippen LogP contribution in [0.2, 0.25) is 0 Å². The van der Waals surface area contributed by atoms with E-state index in [0.717, 1.165) is 16.7 Å². The number of thiazole rings is 1. The van der Waals surface area contributed by atoms with Gasteiger partial charge in [-0.1, -0.05) is 18.2 Å². The number of nitrogens with zero attached hydrogens (tertiary/aromatic N) is 2. The summed E-state index contributed by atoms with van der Waals surface area (Å²) in [5, 5.41) is 4.76. The van der Waals surface area contributed by atoms with E-state index in [1.165, 1.54) is 48.7 Å². The highest BCUT2D eigenvalue weighted by Gasteiger charge is 2.33. The molecule has 8 nitrogen and oxygen atoms in total. The van der Waals surface area contributed by atoms with Crippen molar-refractivity contribution in [3.8, 4) is 0 Å². The zero-order valence-electron chi connectivity index (χ0n) is 17.5. The Kier molecular flexibility index (Phi) is 5.98. The third-order valence-corrected chi connectivity index (χ3v) is 7.59. The van der Waals surface area contributed by atoms with Crippen LogP contribution >= 0.6 is 11.3 Å². The Bertz CT molecular complexity index is 1260. The molecule has 1 aliphatic rings. The Morgan fingerprint density at radius 3 is 2.56 bits per heavy atom. The maximum absolute atomic E-state index is 13.1. The highest BCUT2D eigenvalue weighted by Crippen LogP contribution is 2.27. The fourth-order valence-corrected chi connectivity index (χ4v) is 5.54. The average Bonchev–Trinajstić information content (AvgIpc) is 3.26. The van der Waals surface area contributed by atoms with E-state index in [1.54, 1.807) is 10.3 Å². The van der Waals surface area contributed by atoms with Gasteiger partial charge < -0.3 is 10.2 Å². The number of nitrogens with one attached hydrogen (secondary N) is 2. The van der Waals surface area contributed by atoms with Gasteiger partial charge in [-0.2, -0.15) is 0 Å². The van der Waals surface area contributed by atoms with Crippen LogP contribution < -0.4 is 10.0 Å². The van der Waals surface area contributed by atoms with Crippen molar-refractivity contribution < 1.29 is 18.0 Å².